The molecule has 0 aromatic carbocycles. The third kappa shape index (κ3) is 5.08. The number of nitrogen functional groups attached to an aromatic ring is 1. The fourth-order valence-corrected chi connectivity index (χ4v) is 1.13. The van der Waals surface area contributed by atoms with Crippen LogP contribution in [0.1, 0.15) is 12.6 Å². The maximum absolute atomic E-state index is 8.68. The number of anilines is 1. The molecule has 3 nitrogen and oxygen atoms in total. The SMILES string of the molecule is C=C(C#N)/C=C(\C=C/C)c1c[c-]c(N)cn1.[Y]. The maximum atomic E-state index is 8.68. The van der Waals surface area contributed by atoms with Crippen molar-refractivity contribution in [1.82, 2.24) is 4.98 Å². The fraction of sp³-hybridized carbons (Fsp3) is 0.0769. The molecular formula is C13H12N3Y-. The maximum Gasteiger partial charge on any atom is 0.0985 e. The summed E-state index contributed by atoms with van der Waals surface area (Å²) in [6, 6.07) is 6.51. The first-order valence-corrected chi connectivity index (χ1v) is 4.74. The molecule has 1 radical (unpaired) electrons. The summed E-state index contributed by atoms with van der Waals surface area (Å²) in [4.78, 5) is 4.16. The zero-order valence-electron chi connectivity index (χ0n) is 9.64. The van der Waals surface area contributed by atoms with Crippen LogP contribution in [0.3, 0.4) is 0 Å². The molecular weight excluding hydrogens is 287 g/mol. The summed E-state index contributed by atoms with van der Waals surface area (Å²) in [5, 5.41) is 8.68. The van der Waals surface area contributed by atoms with Gasteiger partial charge in [-0.2, -0.15) is 11.3 Å². The summed E-state index contributed by atoms with van der Waals surface area (Å²) in [5.74, 6) is 0. The van der Waals surface area contributed by atoms with Crippen LogP contribution in [-0.4, -0.2) is 4.98 Å². The molecule has 0 saturated heterocycles. The number of pyridine rings is 1. The Kier molecular flexibility index (Phi) is 7.37. The second-order valence-corrected chi connectivity index (χ2v) is 3.12. The van der Waals surface area contributed by atoms with Crippen molar-refractivity contribution < 1.29 is 32.7 Å². The molecule has 0 spiro atoms. The Morgan fingerprint density at radius 3 is 2.82 bits per heavy atom. The Balaban J connectivity index is 0.00000256. The van der Waals surface area contributed by atoms with E-state index in [1.165, 1.54) is 6.20 Å². The first-order chi connectivity index (χ1) is 7.67. The van der Waals surface area contributed by atoms with Gasteiger partial charge in [0.25, 0.3) is 0 Å². The molecule has 0 amide bonds. The fourth-order valence-electron chi connectivity index (χ4n) is 1.13. The van der Waals surface area contributed by atoms with E-state index in [0.29, 0.717) is 17.0 Å². The van der Waals surface area contributed by atoms with E-state index in [2.05, 4.69) is 17.6 Å². The van der Waals surface area contributed by atoms with E-state index < -0.39 is 0 Å². The van der Waals surface area contributed by atoms with Crippen LogP contribution in [0, 0.1) is 17.4 Å². The summed E-state index contributed by atoms with van der Waals surface area (Å²) in [7, 11) is 0. The Labute approximate surface area is 127 Å². The van der Waals surface area contributed by atoms with E-state index >= 15 is 0 Å². The van der Waals surface area contributed by atoms with Crippen molar-refractivity contribution in [2.45, 2.75) is 6.92 Å². The molecule has 4 heteroatoms. The smallest absolute Gasteiger partial charge is 0.0985 e. The molecule has 0 fully saturated rings. The van der Waals surface area contributed by atoms with Crippen LogP contribution in [0.25, 0.3) is 5.57 Å². The van der Waals surface area contributed by atoms with Crippen LogP contribution in [0.15, 0.2) is 42.6 Å². The normalized spacial score (nSPS) is 10.7. The third-order valence-corrected chi connectivity index (χ3v) is 1.83. The molecule has 0 bridgehead atoms. The van der Waals surface area contributed by atoms with Gasteiger partial charge in [-0.05, 0) is 18.7 Å². The van der Waals surface area contributed by atoms with Gasteiger partial charge in [-0.15, -0.1) is 6.07 Å². The number of nitrogens with zero attached hydrogens (tertiary/aromatic N) is 2. The summed E-state index contributed by atoms with van der Waals surface area (Å²) < 4.78 is 0. The standard InChI is InChI=1S/C13H12N3.Y/c1-3-4-11(7-10(2)8-14)13-6-5-12(15)9-16-13;/h3-4,6-7,9H,2,15H2,1H3;/q-1;/b4-3-,11-7+;. The Hall–Kier alpha value is -1.24. The van der Waals surface area contributed by atoms with E-state index in [1.54, 1.807) is 12.1 Å². The van der Waals surface area contributed by atoms with Gasteiger partial charge in [0, 0.05) is 38.3 Å². The summed E-state index contributed by atoms with van der Waals surface area (Å²) in [6.07, 6.45) is 6.93. The molecule has 0 aliphatic rings. The minimum atomic E-state index is 0. The number of hydrogen-bond acceptors (Lipinski definition) is 3. The minimum Gasteiger partial charge on any atom is -0.418 e. The van der Waals surface area contributed by atoms with Crippen LogP contribution in [0.4, 0.5) is 5.69 Å². The number of rotatable bonds is 3. The first kappa shape index (κ1) is 15.8. The molecule has 1 aromatic heterocycles. The quantitative estimate of drug-likeness (QED) is 0.530. The van der Waals surface area contributed by atoms with Crippen LogP contribution in [-0.2, 0) is 32.7 Å². The van der Waals surface area contributed by atoms with E-state index in [-0.39, 0.29) is 32.7 Å². The number of nitriles is 1. The van der Waals surface area contributed by atoms with Crippen LogP contribution < -0.4 is 5.73 Å². The minimum absolute atomic E-state index is 0. The van der Waals surface area contributed by atoms with E-state index in [0.717, 1.165) is 5.57 Å². The number of aromatic nitrogens is 1. The van der Waals surface area contributed by atoms with E-state index in [1.807, 2.05) is 25.1 Å². The monoisotopic (exact) mass is 299 g/mol. The summed E-state index contributed by atoms with van der Waals surface area (Å²) in [6.45, 7) is 5.50. The predicted molar refractivity (Wildman–Crippen MR) is 65.0 cm³/mol. The molecule has 0 unspecified atom stereocenters. The summed E-state index contributed by atoms with van der Waals surface area (Å²) in [5.41, 5.74) is 7.89. The largest absolute Gasteiger partial charge is 0.418 e. The third-order valence-electron chi connectivity index (χ3n) is 1.83. The molecule has 1 rings (SSSR count). The van der Waals surface area contributed by atoms with Gasteiger partial charge in [-0.1, -0.05) is 36.2 Å². The molecule has 0 aliphatic carbocycles. The average molecular weight is 299 g/mol. The summed E-state index contributed by atoms with van der Waals surface area (Å²) >= 11 is 0. The van der Waals surface area contributed by atoms with Crippen LogP contribution >= 0.6 is 0 Å². The van der Waals surface area contributed by atoms with E-state index in [4.69, 9.17) is 11.0 Å². The van der Waals surface area contributed by atoms with Crippen LogP contribution in [0.2, 0.25) is 0 Å². The topological polar surface area (TPSA) is 62.7 Å². The van der Waals surface area contributed by atoms with Crippen molar-refractivity contribution in [1.29, 1.82) is 5.26 Å². The molecule has 0 saturated carbocycles. The van der Waals surface area contributed by atoms with Gasteiger partial charge in [0.2, 0.25) is 0 Å². The Morgan fingerprint density at radius 1 is 1.65 bits per heavy atom. The molecule has 2 N–H and O–H groups in total. The predicted octanol–water partition coefficient (Wildman–Crippen LogP) is 2.50. The number of allylic oxidation sites excluding steroid dienone is 5. The van der Waals surface area contributed by atoms with Gasteiger partial charge < -0.3 is 10.7 Å². The first-order valence-electron chi connectivity index (χ1n) is 4.74. The van der Waals surface area contributed by atoms with E-state index in [9.17, 15) is 0 Å². The molecule has 0 atom stereocenters. The van der Waals surface area contributed by atoms with Crippen molar-refractivity contribution in [3.8, 4) is 6.07 Å². The molecule has 83 valence electrons. The second kappa shape index (κ2) is 7.94. The van der Waals surface area contributed by atoms with Crippen molar-refractivity contribution in [2.75, 3.05) is 5.73 Å². The number of nitrogens with two attached hydrogens (primary N) is 1. The van der Waals surface area contributed by atoms with Crippen molar-refractivity contribution >= 4 is 11.3 Å². The van der Waals surface area contributed by atoms with Gasteiger partial charge in [-0.3, -0.25) is 0 Å². The van der Waals surface area contributed by atoms with Gasteiger partial charge in [-0.25, -0.2) is 0 Å². The average Bonchev–Trinajstić information content (AvgIpc) is 2.29. The van der Waals surface area contributed by atoms with Crippen molar-refractivity contribution in [2.24, 2.45) is 0 Å². The number of hydrogen-bond donors (Lipinski definition) is 1. The van der Waals surface area contributed by atoms with Crippen molar-refractivity contribution in [3.63, 3.8) is 0 Å². The van der Waals surface area contributed by atoms with Gasteiger partial charge >= 0.3 is 0 Å². The van der Waals surface area contributed by atoms with Crippen LogP contribution in [0.5, 0.6) is 0 Å². The molecule has 17 heavy (non-hydrogen) atoms. The van der Waals surface area contributed by atoms with Gasteiger partial charge in [0.1, 0.15) is 0 Å². The zero-order chi connectivity index (χ0) is 12.0. The van der Waals surface area contributed by atoms with Gasteiger partial charge in [0.05, 0.1) is 6.07 Å². The van der Waals surface area contributed by atoms with Gasteiger partial charge in [0.15, 0.2) is 0 Å². The second-order valence-electron chi connectivity index (χ2n) is 3.12. The molecule has 1 heterocycles. The van der Waals surface area contributed by atoms with Crippen molar-refractivity contribution in [3.05, 3.63) is 54.4 Å². The Morgan fingerprint density at radius 2 is 2.35 bits per heavy atom. The Bertz CT molecular complexity index is 478. The zero-order valence-corrected chi connectivity index (χ0v) is 12.5. The molecule has 0 aliphatic heterocycles. The molecule has 1 aromatic rings.